The second-order valence-corrected chi connectivity index (χ2v) is 5.74. The van der Waals surface area contributed by atoms with Crippen molar-refractivity contribution < 1.29 is 9.53 Å². The number of rotatable bonds is 3. The molecule has 2 aliphatic heterocycles. The van der Waals surface area contributed by atoms with Crippen LogP contribution in [0.1, 0.15) is 31.0 Å². The lowest BCUT2D eigenvalue weighted by Crippen LogP contribution is -2.38. The Morgan fingerprint density at radius 3 is 2.90 bits per heavy atom. The van der Waals surface area contributed by atoms with E-state index < -0.39 is 0 Å². The topological polar surface area (TPSA) is 58.6 Å². The van der Waals surface area contributed by atoms with Gasteiger partial charge in [0.1, 0.15) is 18.2 Å². The zero-order valence-electron chi connectivity index (χ0n) is 11.4. The van der Waals surface area contributed by atoms with Crippen LogP contribution >= 0.6 is 0 Å². The zero-order valence-corrected chi connectivity index (χ0v) is 11.4. The molecule has 1 unspecified atom stereocenters. The molecule has 20 heavy (non-hydrogen) atoms. The van der Waals surface area contributed by atoms with E-state index in [1.165, 1.54) is 12.8 Å². The second kappa shape index (κ2) is 4.61. The quantitative estimate of drug-likeness (QED) is 0.833. The van der Waals surface area contributed by atoms with Gasteiger partial charge in [0.15, 0.2) is 0 Å². The highest BCUT2D eigenvalue weighted by atomic mass is 16.6. The van der Waals surface area contributed by atoms with Gasteiger partial charge >= 0.3 is 6.09 Å². The molecule has 4 rings (SSSR count). The lowest BCUT2D eigenvalue weighted by atomic mass is 10.2. The third-order valence-electron chi connectivity index (χ3n) is 4.32. The van der Waals surface area contributed by atoms with E-state index >= 15 is 0 Å². The predicted molar refractivity (Wildman–Crippen MR) is 72.7 cm³/mol. The van der Waals surface area contributed by atoms with E-state index in [0.29, 0.717) is 19.1 Å². The van der Waals surface area contributed by atoms with Gasteiger partial charge in [-0.15, -0.1) is 0 Å². The molecule has 106 valence electrons. The van der Waals surface area contributed by atoms with Gasteiger partial charge in [-0.3, -0.25) is 4.90 Å². The highest BCUT2D eigenvalue weighted by molar-refractivity contribution is 5.70. The summed E-state index contributed by atoms with van der Waals surface area (Å²) in [5.74, 6) is 2.55. The minimum atomic E-state index is -0.168. The largest absolute Gasteiger partial charge is 0.448 e. The van der Waals surface area contributed by atoms with Crippen molar-refractivity contribution in [2.45, 2.75) is 31.2 Å². The molecule has 0 bridgehead atoms. The summed E-state index contributed by atoms with van der Waals surface area (Å²) in [6.07, 6.45) is 5.10. The van der Waals surface area contributed by atoms with E-state index in [1.54, 1.807) is 0 Å². The lowest BCUT2D eigenvalue weighted by molar-refractivity contribution is 0.150. The zero-order chi connectivity index (χ0) is 13.5. The summed E-state index contributed by atoms with van der Waals surface area (Å²) in [7, 11) is 0. The second-order valence-electron chi connectivity index (χ2n) is 5.74. The average molecular weight is 274 g/mol. The average Bonchev–Trinajstić information content (AvgIpc) is 3.06. The summed E-state index contributed by atoms with van der Waals surface area (Å²) in [6.45, 7) is 3.02. The summed E-state index contributed by atoms with van der Waals surface area (Å²) in [5.41, 5.74) is 0. The van der Waals surface area contributed by atoms with Crippen LogP contribution in [0.2, 0.25) is 0 Å². The SMILES string of the molecule is O=C1OCCN1C1CCN(c2ccnc(C3CC3)n2)C1. The minimum Gasteiger partial charge on any atom is -0.448 e. The van der Waals surface area contributed by atoms with Gasteiger partial charge in [0.25, 0.3) is 0 Å². The molecule has 6 nitrogen and oxygen atoms in total. The normalized spacial score (nSPS) is 26.2. The van der Waals surface area contributed by atoms with E-state index in [2.05, 4.69) is 14.9 Å². The smallest absolute Gasteiger partial charge is 0.410 e. The van der Waals surface area contributed by atoms with E-state index in [4.69, 9.17) is 4.74 Å². The van der Waals surface area contributed by atoms with Crippen LogP contribution in [-0.4, -0.2) is 53.2 Å². The number of amides is 1. The molecule has 1 saturated carbocycles. The molecule has 1 aliphatic carbocycles. The first-order chi connectivity index (χ1) is 9.81. The Morgan fingerprint density at radius 2 is 2.15 bits per heavy atom. The van der Waals surface area contributed by atoms with E-state index in [0.717, 1.165) is 31.2 Å². The Kier molecular flexibility index (Phi) is 2.75. The van der Waals surface area contributed by atoms with Crippen LogP contribution in [0.15, 0.2) is 12.3 Å². The number of cyclic esters (lactones) is 1. The van der Waals surface area contributed by atoms with Crippen molar-refractivity contribution in [3.05, 3.63) is 18.1 Å². The van der Waals surface area contributed by atoms with Crippen molar-refractivity contribution in [1.82, 2.24) is 14.9 Å². The molecular formula is C14H18N4O2. The molecule has 0 aromatic carbocycles. The molecule has 6 heteroatoms. The van der Waals surface area contributed by atoms with Crippen molar-refractivity contribution >= 4 is 11.9 Å². The van der Waals surface area contributed by atoms with Crippen LogP contribution in [0, 0.1) is 0 Å². The van der Waals surface area contributed by atoms with Crippen LogP contribution in [0.4, 0.5) is 10.6 Å². The van der Waals surface area contributed by atoms with Crippen molar-refractivity contribution in [1.29, 1.82) is 0 Å². The highest BCUT2D eigenvalue weighted by Crippen LogP contribution is 2.38. The predicted octanol–water partition coefficient (Wildman–Crippen LogP) is 1.38. The van der Waals surface area contributed by atoms with Crippen LogP contribution in [-0.2, 0) is 4.74 Å². The molecule has 1 amide bonds. The maximum absolute atomic E-state index is 11.6. The molecule has 2 saturated heterocycles. The molecule has 3 aliphatic rings. The Morgan fingerprint density at radius 1 is 1.25 bits per heavy atom. The van der Waals surface area contributed by atoms with E-state index in [9.17, 15) is 4.79 Å². The molecule has 1 aromatic rings. The first-order valence-electron chi connectivity index (χ1n) is 7.32. The lowest BCUT2D eigenvalue weighted by Gasteiger charge is -2.22. The first kappa shape index (κ1) is 11.9. The van der Waals surface area contributed by atoms with Crippen molar-refractivity contribution in [2.75, 3.05) is 31.1 Å². The standard InChI is InChI=1S/C14H18N4O2/c19-14-18(7-8-20-14)11-4-6-17(9-11)12-3-5-15-13(16-12)10-1-2-10/h3,5,10-11H,1-2,4,6-9H2. The number of hydrogen-bond donors (Lipinski definition) is 0. The van der Waals surface area contributed by atoms with Gasteiger partial charge in [0, 0.05) is 25.2 Å². The fraction of sp³-hybridized carbons (Fsp3) is 0.643. The van der Waals surface area contributed by atoms with Crippen molar-refractivity contribution in [3.8, 4) is 0 Å². The first-order valence-corrected chi connectivity index (χ1v) is 7.32. The Bertz CT molecular complexity index is 532. The third-order valence-corrected chi connectivity index (χ3v) is 4.32. The van der Waals surface area contributed by atoms with Crippen LogP contribution < -0.4 is 4.90 Å². The number of ether oxygens (including phenoxy) is 1. The van der Waals surface area contributed by atoms with E-state index in [-0.39, 0.29) is 12.1 Å². The Hall–Kier alpha value is -1.85. The summed E-state index contributed by atoms with van der Waals surface area (Å²) in [4.78, 5) is 24.8. The minimum absolute atomic E-state index is 0.168. The number of carbonyl (C=O) groups is 1. The number of nitrogens with zero attached hydrogens (tertiary/aromatic N) is 4. The van der Waals surface area contributed by atoms with Crippen molar-refractivity contribution in [2.24, 2.45) is 0 Å². The monoisotopic (exact) mass is 274 g/mol. The molecule has 1 atom stereocenters. The number of hydrogen-bond acceptors (Lipinski definition) is 5. The van der Waals surface area contributed by atoms with Crippen LogP contribution in [0.5, 0.6) is 0 Å². The summed E-state index contributed by atoms with van der Waals surface area (Å²) >= 11 is 0. The fourth-order valence-electron chi connectivity index (χ4n) is 3.02. The van der Waals surface area contributed by atoms with Crippen LogP contribution in [0.25, 0.3) is 0 Å². The molecular weight excluding hydrogens is 256 g/mol. The number of carbonyl (C=O) groups excluding carboxylic acids is 1. The molecule has 0 N–H and O–H groups in total. The van der Waals surface area contributed by atoms with Gasteiger partial charge in [0.2, 0.25) is 0 Å². The van der Waals surface area contributed by atoms with Gasteiger partial charge < -0.3 is 9.64 Å². The third kappa shape index (κ3) is 2.09. The van der Waals surface area contributed by atoms with Gasteiger partial charge in [-0.05, 0) is 25.3 Å². The number of anilines is 1. The number of aromatic nitrogens is 2. The van der Waals surface area contributed by atoms with Gasteiger partial charge in [0.05, 0.1) is 12.6 Å². The maximum atomic E-state index is 11.6. The highest BCUT2D eigenvalue weighted by Gasteiger charge is 2.35. The maximum Gasteiger partial charge on any atom is 0.410 e. The van der Waals surface area contributed by atoms with Crippen LogP contribution in [0.3, 0.4) is 0 Å². The van der Waals surface area contributed by atoms with E-state index in [1.807, 2.05) is 17.2 Å². The molecule has 0 radical (unpaired) electrons. The molecule has 1 aromatic heterocycles. The van der Waals surface area contributed by atoms with Crippen molar-refractivity contribution in [3.63, 3.8) is 0 Å². The summed E-state index contributed by atoms with van der Waals surface area (Å²) < 4.78 is 5.02. The summed E-state index contributed by atoms with van der Waals surface area (Å²) in [6, 6.07) is 2.22. The summed E-state index contributed by atoms with van der Waals surface area (Å²) in [5, 5.41) is 0. The molecule has 3 fully saturated rings. The van der Waals surface area contributed by atoms with Gasteiger partial charge in [-0.2, -0.15) is 0 Å². The van der Waals surface area contributed by atoms with Gasteiger partial charge in [-0.1, -0.05) is 0 Å². The Labute approximate surface area is 117 Å². The fourth-order valence-corrected chi connectivity index (χ4v) is 3.02. The molecule has 0 spiro atoms. The Balaban J connectivity index is 1.47. The van der Waals surface area contributed by atoms with Gasteiger partial charge in [-0.25, -0.2) is 14.8 Å². The molecule has 3 heterocycles.